The molecule has 0 fully saturated rings. The maximum atomic E-state index is 5.86. The van der Waals surface area contributed by atoms with Crippen molar-refractivity contribution in [1.82, 2.24) is 0 Å². The first kappa shape index (κ1) is 17.7. The van der Waals surface area contributed by atoms with E-state index in [2.05, 4.69) is 6.08 Å². The van der Waals surface area contributed by atoms with E-state index in [1.807, 2.05) is 42.5 Å². The molecule has 0 radical (unpaired) electrons. The predicted molar refractivity (Wildman–Crippen MR) is 102 cm³/mol. The molecule has 0 aromatic heterocycles. The van der Waals surface area contributed by atoms with Gasteiger partial charge in [-0.15, -0.1) is 0 Å². The van der Waals surface area contributed by atoms with Crippen molar-refractivity contribution in [3.8, 4) is 28.7 Å². The first-order valence-electron chi connectivity index (χ1n) is 8.18. The van der Waals surface area contributed by atoms with E-state index < -0.39 is 0 Å². The van der Waals surface area contributed by atoms with E-state index in [1.165, 1.54) is 0 Å². The second-order valence-electron chi connectivity index (χ2n) is 5.68. The number of rotatable bonds is 6. The zero-order chi connectivity index (χ0) is 18.5. The average Bonchev–Trinajstić information content (AvgIpc) is 2.70. The zero-order valence-corrected chi connectivity index (χ0v) is 15.4. The summed E-state index contributed by atoms with van der Waals surface area (Å²) in [6, 6.07) is 9.65. The topological polar surface area (TPSA) is 46.2 Å². The molecular formula is C21H22O5. The molecule has 2 aromatic carbocycles. The van der Waals surface area contributed by atoms with Crippen molar-refractivity contribution >= 4 is 12.2 Å². The van der Waals surface area contributed by atoms with Crippen LogP contribution in [0.25, 0.3) is 12.2 Å². The number of hydrogen-bond acceptors (Lipinski definition) is 5. The van der Waals surface area contributed by atoms with Crippen molar-refractivity contribution in [3.05, 3.63) is 53.1 Å². The highest BCUT2D eigenvalue weighted by molar-refractivity contribution is 5.71. The summed E-state index contributed by atoms with van der Waals surface area (Å²) in [5.74, 6) is 3.34. The van der Waals surface area contributed by atoms with Crippen LogP contribution in [-0.2, 0) is 0 Å². The lowest BCUT2D eigenvalue weighted by atomic mass is 10.1. The monoisotopic (exact) mass is 354 g/mol. The Labute approximate surface area is 153 Å². The first-order valence-corrected chi connectivity index (χ1v) is 8.18. The van der Waals surface area contributed by atoms with E-state index in [1.54, 1.807) is 28.4 Å². The molecule has 1 aliphatic heterocycles. The highest BCUT2D eigenvalue weighted by Crippen LogP contribution is 2.39. The van der Waals surface area contributed by atoms with Gasteiger partial charge in [0, 0.05) is 5.56 Å². The van der Waals surface area contributed by atoms with Gasteiger partial charge in [0.2, 0.25) is 5.75 Å². The quantitative estimate of drug-likeness (QED) is 0.778. The van der Waals surface area contributed by atoms with Crippen LogP contribution in [0.1, 0.15) is 11.1 Å². The molecule has 1 aliphatic rings. The second kappa shape index (κ2) is 7.87. The van der Waals surface area contributed by atoms with Crippen LogP contribution in [0.15, 0.2) is 42.0 Å². The van der Waals surface area contributed by atoms with Gasteiger partial charge in [-0.25, -0.2) is 0 Å². The first-order chi connectivity index (χ1) is 12.7. The van der Waals surface area contributed by atoms with Gasteiger partial charge < -0.3 is 23.7 Å². The number of benzene rings is 2. The molecule has 136 valence electrons. The molecule has 3 rings (SSSR count). The van der Waals surface area contributed by atoms with Crippen LogP contribution < -0.4 is 23.7 Å². The van der Waals surface area contributed by atoms with Crippen LogP contribution in [-0.4, -0.2) is 35.0 Å². The van der Waals surface area contributed by atoms with Crippen LogP contribution in [0.2, 0.25) is 0 Å². The largest absolute Gasteiger partial charge is 0.493 e. The summed E-state index contributed by atoms with van der Waals surface area (Å²) in [5, 5.41) is 0. The Morgan fingerprint density at radius 2 is 1.54 bits per heavy atom. The molecule has 26 heavy (non-hydrogen) atoms. The lowest BCUT2D eigenvalue weighted by Gasteiger charge is -2.18. The number of fused-ring (bicyclic) bond motifs is 1. The van der Waals surface area contributed by atoms with E-state index in [0.717, 1.165) is 28.2 Å². The number of methoxy groups -OCH3 is 4. The molecule has 0 amide bonds. The third kappa shape index (κ3) is 3.47. The van der Waals surface area contributed by atoms with E-state index in [0.29, 0.717) is 23.9 Å². The average molecular weight is 354 g/mol. The third-order valence-electron chi connectivity index (χ3n) is 4.13. The van der Waals surface area contributed by atoms with E-state index in [-0.39, 0.29) is 0 Å². The molecule has 0 aliphatic carbocycles. The molecular weight excluding hydrogens is 332 g/mol. The Morgan fingerprint density at radius 3 is 2.15 bits per heavy atom. The summed E-state index contributed by atoms with van der Waals surface area (Å²) in [6.45, 7) is 0.480. The Morgan fingerprint density at radius 1 is 0.846 bits per heavy atom. The molecule has 5 nitrogen and oxygen atoms in total. The third-order valence-corrected chi connectivity index (χ3v) is 4.13. The van der Waals surface area contributed by atoms with Gasteiger partial charge in [-0.2, -0.15) is 0 Å². The Balaban J connectivity index is 1.89. The SMILES string of the molecule is COc1cccc2c1OCC(/C=C\c1cc(OC)c(OC)c(OC)c1)=C2. The van der Waals surface area contributed by atoms with Crippen LogP contribution >= 0.6 is 0 Å². The zero-order valence-electron chi connectivity index (χ0n) is 15.4. The summed E-state index contributed by atoms with van der Waals surface area (Å²) in [7, 11) is 6.44. The molecule has 0 saturated heterocycles. The lowest BCUT2D eigenvalue weighted by Crippen LogP contribution is -2.07. The number of hydrogen-bond donors (Lipinski definition) is 0. The van der Waals surface area contributed by atoms with Crippen LogP contribution in [0, 0.1) is 0 Å². The Hall–Kier alpha value is -3.08. The summed E-state index contributed by atoms with van der Waals surface area (Å²) in [6.07, 6.45) is 6.10. The molecule has 0 bridgehead atoms. The maximum Gasteiger partial charge on any atom is 0.203 e. The summed E-state index contributed by atoms with van der Waals surface area (Å²) >= 11 is 0. The smallest absolute Gasteiger partial charge is 0.203 e. The second-order valence-corrected chi connectivity index (χ2v) is 5.68. The van der Waals surface area contributed by atoms with Crippen molar-refractivity contribution < 1.29 is 23.7 Å². The van der Waals surface area contributed by atoms with Crippen LogP contribution in [0.3, 0.4) is 0 Å². The molecule has 2 aromatic rings. The van der Waals surface area contributed by atoms with Crippen LogP contribution in [0.4, 0.5) is 0 Å². The van der Waals surface area contributed by atoms with Gasteiger partial charge in [-0.3, -0.25) is 0 Å². The minimum Gasteiger partial charge on any atom is -0.493 e. The molecule has 0 saturated carbocycles. The predicted octanol–water partition coefficient (Wildman–Crippen LogP) is 4.21. The Kier molecular flexibility index (Phi) is 5.37. The van der Waals surface area contributed by atoms with Gasteiger partial charge in [0.25, 0.3) is 0 Å². The molecule has 0 unspecified atom stereocenters. The highest BCUT2D eigenvalue weighted by atomic mass is 16.5. The van der Waals surface area contributed by atoms with Gasteiger partial charge in [-0.05, 0) is 35.4 Å². The van der Waals surface area contributed by atoms with Crippen molar-refractivity contribution in [2.24, 2.45) is 0 Å². The number of para-hydroxylation sites is 1. The van der Waals surface area contributed by atoms with E-state index in [9.17, 15) is 0 Å². The standard InChI is InChI=1S/C21H22O5/c1-22-17-7-5-6-16-10-15(13-26-20(16)17)9-8-14-11-18(23-2)21(25-4)19(12-14)24-3/h5-12H,13H2,1-4H3/b9-8-. The summed E-state index contributed by atoms with van der Waals surface area (Å²) < 4.78 is 27.3. The maximum absolute atomic E-state index is 5.86. The van der Waals surface area contributed by atoms with Gasteiger partial charge in [0.1, 0.15) is 6.61 Å². The van der Waals surface area contributed by atoms with Crippen molar-refractivity contribution in [2.75, 3.05) is 35.0 Å². The molecule has 1 heterocycles. The minimum absolute atomic E-state index is 0.480. The van der Waals surface area contributed by atoms with Crippen molar-refractivity contribution in [3.63, 3.8) is 0 Å². The van der Waals surface area contributed by atoms with Crippen LogP contribution in [0.5, 0.6) is 28.7 Å². The fourth-order valence-corrected chi connectivity index (χ4v) is 2.86. The fourth-order valence-electron chi connectivity index (χ4n) is 2.86. The van der Waals surface area contributed by atoms with Gasteiger partial charge >= 0.3 is 0 Å². The van der Waals surface area contributed by atoms with Gasteiger partial charge in [-0.1, -0.05) is 24.3 Å². The van der Waals surface area contributed by atoms with E-state index >= 15 is 0 Å². The molecule has 0 atom stereocenters. The van der Waals surface area contributed by atoms with Crippen molar-refractivity contribution in [1.29, 1.82) is 0 Å². The molecule has 0 spiro atoms. The van der Waals surface area contributed by atoms with Gasteiger partial charge in [0.15, 0.2) is 23.0 Å². The summed E-state index contributed by atoms with van der Waals surface area (Å²) in [5.41, 5.74) is 3.00. The van der Waals surface area contributed by atoms with E-state index in [4.69, 9.17) is 23.7 Å². The van der Waals surface area contributed by atoms with Gasteiger partial charge in [0.05, 0.1) is 28.4 Å². The Bertz CT molecular complexity index is 826. The number of ether oxygens (including phenoxy) is 5. The summed E-state index contributed by atoms with van der Waals surface area (Å²) in [4.78, 5) is 0. The molecule has 5 heteroatoms. The minimum atomic E-state index is 0.480. The normalized spacial score (nSPS) is 12.8. The highest BCUT2D eigenvalue weighted by Gasteiger charge is 2.15. The fraction of sp³-hybridized carbons (Fsp3) is 0.238. The lowest BCUT2D eigenvalue weighted by molar-refractivity contribution is 0.318. The molecule has 0 N–H and O–H groups in total. The van der Waals surface area contributed by atoms with Crippen molar-refractivity contribution in [2.45, 2.75) is 0 Å².